The second-order valence-electron chi connectivity index (χ2n) is 4.00. The van der Waals surface area contributed by atoms with Gasteiger partial charge in [-0.1, -0.05) is 6.07 Å². The summed E-state index contributed by atoms with van der Waals surface area (Å²) in [6.07, 6.45) is 0.0738. The average Bonchev–Trinajstić information content (AvgIpc) is 2.35. The van der Waals surface area contributed by atoms with Crippen LogP contribution in [0.15, 0.2) is 18.2 Å². The third-order valence-corrected chi connectivity index (χ3v) is 4.58. The molecular formula is C10H15N2O6P. The Morgan fingerprint density at radius 2 is 2.11 bits per heavy atom. The molecule has 106 valence electrons. The van der Waals surface area contributed by atoms with E-state index in [-0.39, 0.29) is 24.7 Å². The predicted octanol–water partition coefficient (Wildman–Crippen LogP) is 0.910. The first-order valence-corrected chi connectivity index (χ1v) is 7.38. The lowest BCUT2D eigenvalue weighted by atomic mass is 10.2. The smallest absolute Gasteiger partial charge is 0.311 e. The Labute approximate surface area is 109 Å². The van der Waals surface area contributed by atoms with Gasteiger partial charge in [-0.05, 0) is 24.6 Å². The lowest BCUT2D eigenvalue weighted by Gasteiger charge is -2.18. The predicted molar refractivity (Wildman–Crippen MR) is 68.1 cm³/mol. The van der Waals surface area contributed by atoms with E-state index in [9.17, 15) is 29.8 Å². The second kappa shape index (κ2) is 6.12. The maximum Gasteiger partial charge on any atom is 0.311 e. The highest BCUT2D eigenvalue weighted by molar-refractivity contribution is 7.58. The fraction of sp³-hybridized carbons (Fsp3) is 0.400. The topological polar surface area (TPSA) is 147 Å². The lowest BCUT2D eigenvalue weighted by Crippen LogP contribution is -2.07. The number of nitrogens with zero attached hydrogens (tertiary/aromatic N) is 1. The molecule has 0 saturated heterocycles. The second-order valence-corrected chi connectivity index (χ2v) is 6.45. The van der Waals surface area contributed by atoms with Gasteiger partial charge in [-0.3, -0.25) is 14.7 Å². The summed E-state index contributed by atoms with van der Waals surface area (Å²) in [6, 6.07) is 3.04. The van der Waals surface area contributed by atoms with E-state index < -0.39 is 29.6 Å². The summed E-state index contributed by atoms with van der Waals surface area (Å²) < 4.78 is 11.9. The third kappa shape index (κ3) is 3.74. The summed E-state index contributed by atoms with van der Waals surface area (Å²) >= 11 is 0. The first-order valence-electron chi connectivity index (χ1n) is 5.46. The van der Waals surface area contributed by atoms with Crippen molar-refractivity contribution in [2.45, 2.75) is 12.3 Å². The molecule has 1 aromatic carbocycles. The van der Waals surface area contributed by atoms with Crippen LogP contribution in [0.4, 0.5) is 5.69 Å². The van der Waals surface area contributed by atoms with Crippen LogP contribution in [0.5, 0.6) is 5.75 Å². The Morgan fingerprint density at radius 1 is 1.47 bits per heavy atom. The minimum Gasteiger partial charge on any atom is -0.502 e. The van der Waals surface area contributed by atoms with Crippen molar-refractivity contribution in [3.63, 3.8) is 0 Å². The van der Waals surface area contributed by atoms with Gasteiger partial charge in [-0.25, -0.2) is 0 Å². The van der Waals surface area contributed by atoms with Gasteiger partial charge in [0.2, 0.25) is 7.37 Å². The molecule has 8 nitrogen and oxygen atoms in total. The maximum absolute atomic E-state index is 11.9. The molecule has 9 heteroatoms. The van der Waals surface area contributed by atoms with Crippen LogP contribution in [0.25, 0.3) is 0 Å². The quantitative estimate of drug-likeness (QED) is 0.346. The van der Waals surface area contributed by atoms with E-state index in [0.717, 1.165) is 18.2 Å². The number of phenols is 1. The first kappa shape index (κ1) is 15.6. The fourth-order valence-corrected chi connectivity index (χ4v) is 3.03. The van der Waals surface area contributed by atoms with Crippen molar-refractivity contribution in [3.8, 4) is 5.75 Å². The van der Waals surface area contributed by atoms with Gasteiger partial charge >= 0.3 is 5.69 Å². The van der Waals surface area contributed by atoms with E-state index in [0.29, 0.717) is 0 Å². The molecule has 0 radical (unpaired) electrons. The zero-order chi connectivity index (χ0) is 14.6. The highest BCUT2D eigenvalue weighted by Crippen LogP contribution is 2.54. The third-order valence-electron chi connectivity index (χ3n) is 2.56. The molecule has 0 spiro atoms. The molecule has 0 aliphatic carbocycles. The van der Waals surface area contributed by atoms with E-state index in [1.165, 1.54) is 0 Å². The van der Waals surface area contributed by atoms with Gasteiger partial charge in [-0.2, -0.15) is 0 Å². The zero-order valence-electron chi connectivity index (χ0n) is 9.97. The molecule has 0 saturated carbocycles. The van der Waals surface area contributed by atoms with Crippen molar-refractivity contribution in [2.24, 2.45) is 5.73 Å². The van der Waals surface area contributed by atoms with Crippen LogP contribution >= 0.6 is 7.37 Å². The molecule has 1 aromatic rings. The Morgan fingerprint density at radius 3 is 2.63 bits per heavy atom. The van der Waals surface area contributed by atoms with E-state index in [2.05, 4.69) is 0 Å². The monoisotopic (exact) mass is 290 g/mol. The van der Waals surface area contributed by atoms with Gasteiger partial charge in [0.05, 0.1) is 4.92 Å². The van der Waals surface area contributed by atoms with Crippen LogP contribution in [-0.2, 0) is 4.57 Å². The molecule has 2 unspecified atom stereocenters. The molecule has 0 heterocycles. The van der Waals surface area contributed by atoms with Gasteiger partial charge < -0.3 is 20.8 Å². The highest BCUT2D eigenvalue weighted by atomic mass is 31.2. The van der Waals surface area contributed by atoms with Gasteiger partial charge in [-0.15, -0.1) is 0 Å². The average molecular weight is 290 g/mol. The number of hydrogen-bond acceptors (Lipinski definition) is 6. The number of nitro groups is 1. The van der Waals surface area contributed by atoms with Crippen molar-refractivity contribution in [2.75, 3.05) is 12.7 Å². The van der Waals surface area contributed by atoms with E-state index in [1.807, 2.05) is 0 Å². The molecule has 0 aromatic heterocycles. The summed E-state index contributed by atoms with van der Waals surface area (Å²) in [7, 11) is -3.92. The van der Waals surface area contributed by atoms with Crippen LogP contribution in [0.3, 0.4) is 0 Å². The van der Waals surface area contributed by atoms with Gasteiger partial charge in [0.1, 0.15) is 0 Å². The normalized spacial score (nSPS) is 15.7. The summed E-state index contributed by atoms with van der Waals surface area (Å²) in [6.45, 7) is 0.201. The molecule has 2 atom stereocenters. The number of aliphatic hydroxyl groups excluding tert-OH is 1. The molecule has 0 amide bonds. The zero-order valence-corrected chi connectivity index (χ0v) is 10.9. The largest absolute Gasteiger partial charge is 0.502 e. The Bertz CT molecular complexity index is 521. The molecular weight excluding hydrogens is 275 g/mol. The molecule has 0 bridgehead atoms. The van der Waals surface area contributed by atoms with E-state index in [1.54, 1.807) is 0 Å². The summed E-state index contributed by atoms with van der Waals surface area (Å²) in [5, 5.41) is 29.7. The minimum absolute atomic E-state index is 0.0904. The molecule has 0 aliphatic heterocycles. The number of hydrogen-bond donors (Lipinski definition) is 4. The number of nitrogens with two attached hydrogens (primary N) is 1. The van der Waals surface area contributed by atoms with Crippen LogP contribution in [-0.4, -0.2) is 32.7 Å². The molecule has 1 rings (SSSR count). The maximum atomic E-state index is 11.9. The van der Waals surface area contributed by atoms with Crippen molar-refractivity contribution in [3.05, 3.63) is 33.9 Å². The van der Waals surface area contributed by atoms with Crippen molar-refractivity contribution < 1.29 is 24.6 Å². The highest BCUT2D eigenvalue weighted by Gasteiger charge is 2.31. The number of aromatic hydroxyl groups is 1. The number of aliphatic hydroxyl groups is 1. The lowest BCUT2D eigenvalue weighted by molar-refractivity contribution is -0.386. The number of nitro benzene ring substituents is 1. The fourth-order valence-electron chi connectivity index (χ4n) is 1.52. The SMILES string of the molecule is NCCCP(=O)(O)C(O)c1ccc(O)c([N+](=O)[O-])c1. The Balaban J connectivity index is 3.06. The minimum atomic E-state index is -3.92. The molecule has 19 heavy (non-hydrogen) atoms. The molecule has 0 aliphatic rings. The number of phenolic OH excluding ortho intramolecular Hbond substituents is 1. The van der Waals surface area contributed by atoms with Gasteiger partial charge in [0.25, 0.3) is 0 Å². The standard InChI is InChI=1S/C10H15N2O6P/c11-4-1-5-19(17,18)10(14)7-2-3-9(13)8(6-7)12(15)16/h2-3,6,10,13-14H,1,4-5,11H2,(H,17,18). The van der Waals surface area contributed by atoms with Crippen molar-refractivity contribution in [1.82, 2.24) is 0 Å². The Kier molecular flexibility index (Phi) is 5.02. The molecule has 0 fully saturated rings. The number of rotatable bonds is 6. The first-order chi connectivity index (χ1) is 8.79. The summed E-state index contributed by atoms with van der Waals surface area (Å²) in [4.78, 5) is 19.5. The van der Waals surface area contributed by atoms with E-state index in [4.69, 9.17) is 5.73 Å². The molecule has 5 N–H and O–H groups in total. The Hall–Kier alpha value is -1.47. The van der Waals surface area contributed by atoms with Crippen LogP contribution < -0.4 is 5.73 Å². The van der Waals surface area contributed by atoms with Gasteiger partial charge in [0.15, 0.2) is 11.6 Å². The van der Waals surface area contributed by atoms with Crippen LogP contribution in [0, 0.1) is 10.1 Å². The van der Waals surface area contributed by atoms with Crippen LogP contribution in [0.2, 0.25) is 0 Å². The van der Waals surface area contributed by atoms with E-state index >= 15 is 0 Å². The van der Waals surface area contributed by atoms with Crippen molar-refractivity contribution >= 4 is 13.1 Å². The van der Waals surface area contributed by atoms with Crippen molar-refractivity contribution in [1.29, 1.82) is 0 Å². The number of benzene rings is 1. The summed E-state index contributed by atoms with van der Waals surface area (Å²) in [5.41, 5.74) is 4.50. The van der Waals surface area contributed by atoms with Gasteiger partial charge in [0, 0.05) is 12.2 Å². The van der Waals surface area contributed by atoms with Crippen LogP contribution in [0.1, 0.15) is 17.8 Å². The summed E-state index contributed by atoms with van der Waals surface area (Å²) in [5.74, 6) is -2.31.